The molecule has 0 amide bonds. The highest BCUT2D eigenvalue weighted by molar-refractivity contribution is 5.52. The van der Waals surface area contributed by atoms with Gasteiger partial charge in [-0.2, -0.15) is 0 Å². The van der Waals surface area contributed by atoms with Gasteiger partial charge in [-0.3, -0.25) is 0 Å². The number of allylic oxidation sites excluding steroid dienone is 4. The number of aryl methyl sites for hydroxylation is 1. The first-order valence-corrected chi connectivity index (χ1v) is 11.0. The molecule has 0 bridgehead atoms. The minimum atomic E-state index is -0.0234. The summed E-state index contributed by atoms with van der Waals surface area (Å²) in [5.41, 5.74) is 5.45. The quantitative estimate of drug-likeness (QED) is 0.324. The molecule has 0 spiro atoms. The molecular weight excluding hydrogens is 394 g/mol. The van der Waals surface area contributed by atoms with Crippen LogP contribution in [0.1, 0.15) is 50.4 Å². The number of hydrogen-bond donors (Lipinski definition) is 0. The van der Waals surface area contributed by atoms with E-state index in [-0.39, 0.29) is 5.41 Å². The van der Waals surface area contributed by atoms with E-state index in [4.69, 9.17) is 4.74 Å². The van der Waals surface area contributed by atoms with Gasteiger partial charge in [-0.1, -0.05) is 71.8 Å². The van der Waals surface area contributed by atoms with Crippen molar-refractivity contribution in [1.29, 1.82) is 0 Å². The highest BCUT2D eigenvalue weighted by Crippen LogP contribution is 2.28. The van der Waals surface area contributed by atoms with Crippen molar-refractivity contribution in [3.63, 3.8) is 0 Å². The van der Waals surface area contributed by atoms with Gasteiger partial charge >= 0.3 is 0 Å². The van der Waals surface area contributed by atoms with Crippen LogP contribution in [0.2, 0.25) is 0 Å². The molecule has 0 N–H and O–H groups in total. The van der Waals surface area contributed by atoms with Crippen LogP contribution in [-0.4, -0.2) is 15.0 Å². The van der Waals surface area contributed by atoms with E-state index in [1.54, 1.807) is 4.68 Å². The van der Waals surface area contributed by atoms with Crippen LogP contribution in [0.4, 0.5) is 0 Å². The second-order valence-electron chi connectivity index (χ2n) is 8.71. The number of rotatable bonds is 10. The van der Waals surface area contributed by atoms with Crippen molar-refractivity contribution in [2.45, 2.75) is 47.1 Å². The van der Waals surface area contributed by atoms with E-state index in [0.29, 0.717) is 6.61 Å². The Bertz CT molecular complexity index is 1070. The lowest BCUT2D eigenvalue weighted by molar-refractivity contribution is 0.301. The summed E-state index contributed by atoms with van der Waals surface area (Å²) in [7, 11) is 0. The standard InChI is InChI=1S/C28H33N3O/c1-6-28(5,18-7-8-22(2)3)19-17-24-11-15-27(16-12-24)32-21-25-20-31(30-29-25)26-13-9-23(4)10-14-26/h6,8-17,19-20H,1,7,18,21H2,2-5H3/b19-17+/t28-/m1/s1. The summed E-state index contributed by atoms with van der Waals surface area (Å²) in [5.74, 6) is 0.807. The topological polar surface area (TPSA) is 39.9 Å². The molecule has 1 aromatic heterocycles. The van der Waals surface area contributed by atoms with Gasteiger partial charge in [-0.25, -0.2) is 4.68 Å². The van der Waals surface area contributed by atoms with Gasteiger partial charge in [0.1, 0.15) is 18.1 Å². The monoisotopic (exact) mass is 427 g/mol. The molecule has 0 aliphatic rings. The molecule has 166 valence electrons. The van der Waals surface area contributed by atoms with Crippen LogP contribution in [0.15, 0.2) is 85.1 Å². The molecular formula is C28H33N3O. The molecule has 4 heteroatoms. The number of benzene rings is 2. The van der Waals surface area contributed by atoms with Gasteiger partial charge in [0.2, 0.25) is 0 Å². The maximum Gasteiger partial charge on any atom is 0.134 e. The zero-order chi connectivity index (χ0) is 23.0. The first-order valence-electron chi connectivity index (χ1n) is 11.0. The third-order valence-electron chi connectivity index (χ3n) is 5.46. The van der Waals surface area contributed by atoms with Crippen molar-refractivity contribution in [3.8, 4) is 11.4 Å². The molecule has 0 fully saturated rings. The van der Waals surface area contributed by atoms with E-state index in [2.05, 4.69) is 87.1 Å². The molecule has 4 nitrogen and oxygen atoms in total. The summed E-state index contributed by atoms with van der Waals surface area (Å²) >= 11 is 0. The summed E-state index contributed by atoms with van der Waals surface area (Å²) in [6, 6.07) is 16.3. The van der Waals surface area contributed by atoms with E-state index in [9.17, 15) is 0 Å². The summed E-state index contributed by atoms with van der Waals surface area (Å²) in [4.78, 5) is 0. The van der Waals surface area contributed by atoms with Gasteiger partial charge in [0, 0.05) is 5.41 Å². The Hall–Kier alpha value is -3.40. The summed E-state index contributed by atoms with van der Waals surface area (Å²) < 4.78 is 7.66. The van der Waals surface area contributed by atoms with Gasteiger partial charge in [0.05, 0.1) is 11.9 Å². The highest BCUT2D eigenvalue weighted by atomic mass is 16.5. The van der Waals surface area contributed by atoms with Gasteiger partial charge < -0.3 is 4.74 Å². The van der Waals surface area contributed by atoms with Crippen LogP contribution in [0.5, 0.6) is 5.75 Å². The predicted molar refractivity (Wildman–Crippen MR) is 133 cm³/mol. The Labute approximate surface area is 191 Å². The SMILES string of the molecule is C=C[C@@](C)(/C=C/c1ccc(OCc2cn(-c3ccc(C)cc3)nn2)cc1)CCC=C(C)C. The lowest BCUT2D eigenvalue weighted by Crippen LogP contribution is -2.08. The Morgan fingerprint density at radius 3 is 2.47 bits per heavy atom. The second kappa shape index (κ2) is 10.8. The van der Waals surface area contributed by atoms with E-state index < -0.39 is 0 Å². The lowest BCUT2D eigenvalue weighted by atomic mass is 9.84. The summed E-state index contributed by atoms with van der Waals surface area (Å²) in [5, 5.41) is 8.41. The van der Waals surface area contributed by atoms with Crippen molar-refractivity contribution in [1.82, 2.24) is 15.0 Å². The summed E-state index contributed by atoms with van der Waals surface area (Å²) in [6.07, 6.45) is 12.7. The molecule has 0 saturated heterocycles. The lowest BCUT2D eigenvalue weighted by Gasteiger charge is -2.20. The smallest absolute Gasteiger partial charge is 0.134 e. The fourth-order valence-corrected chi connectivity index (χ4v) is 3.23. The molecule has 1 atom stereocenters. The Morgan fingerprint density at radius 1 is 1.09 bits per heavy atom. The molecule has 3 rings (SSSR count). The van der Waals surface area contributed by atoms with Crippen molar-refractivity contribution in [2.24, 2.45) is 5.41 Å². The van der Waals surface area contributed by atoms with Crippen LogP contribution in [0.3, 0.4) is 0 Å². The van der Waals surface area contributed by atoms with Crippen LogP contribution in [-0.2, 0) is 6.61 Å². The van der Waals surface area contributed by atoms with E-state index in [1.165, 1.54) is 11.1 Å². The van der Waals surface area contributed by atoms with Gasteiger partial charge in [0.15, 0.2) is 0 Å². The largest absolute Gasteiger partial charge is 0.487 e. The fourth-order valence-electron chi connectivity index (χ4n) is 3.23. The zero-order valence-corrected chi connectivity index (χ0v) is 19.6. The first-order chi connectivity index (χ1) is 15.4. The molecule has 1 heterocycles. The highest BCUT2D eigenvalue weighted by Gasteiger charge is 2.15. The molecule has 32 heavy (non-hydrogen) atoms. The number of nitrogens with zero attached hydrogens (tertiary/aromatic N) is 3. The van der Waals surface area contributed by atoms with Gasteiger partial charge in [-0.05, 0) is 63.4 Å². The molecule has 2 aromatic carbocycles. The van der Waals surface area contributed by atoms with Crippen molar-refractivity contribution in [3.05, 3.63) is 102 Å². The number of hydrogen-bond acceptors (Lipinski definition) is 3. The van der Waals surface area contributed by atoms with Gasteiger partial charge in [0.25, 0.3) is 0 Å². The van der Waals surface area contributed by atoms with Crippen LogP contribution in [0, 0.1) is 12.3 Å². The van der Waals surface area contributed by atoms with Crippen LogP contribution in [0.25, 0.3) is 11.8 Å². The minimum absolute atomic E-state index is 0.0234. The Balaban J connectivity index is 1.55. The average Bonchev–Trinajstić information content (AvgIpc) is 3.26. The molecule has 3 aromatic rings. The average molecular weight is 428 g/mol. The van der Waals surface area contributed by atoms with Crippen LogP contribution >= 0.6 is 0 Å². The van der Waals surface area contributed by atoms with Gasteiger partial charge in [-0.15, -0.1) is 11.7 Å². The first kappa shape index (κ1) is 23.3. The maximum absolute atomic E-state index is 5.89. The van der Waals surface area contributed by atoms with E-state index >= 15 is 0 Å². The zero-order valence-electron chi connectivity index (χ0n) is 19.6. The Kier molecular flexibility index (Phi) is 7.82. The number of aromatic nitrogens is 3. The van der Waals surface area contributed by atoms with Crippen molar-refractivity contribution in [2.75, 3.05) is 0 Å². The molecule has 0 aliphatic heterocycles. The second-order valence-corrected chi connectivity index (χ2v) is 8.71. The molecule has 0 saturated carbocycles. The normalized spacial score (nSPS) is 13.0. The van der Waals surface area contributed by atoms with Crippen molar-refractivity contribution < 1.29 is 4.74 Å². The van der Waals surface area contributed by atoms with E-state index in [1.807, 2.05) is 36.5 Å². The predicted octanol–water partition coefficient (Wildman–Crippen LogP) is 7.11. The molecule has 0 unspecified atom stereocenters. The third kappa shape index (κ3) is 6.81. The minimum Gasteiger partial charge on any atom is -0.487 e. The summed E-state index contributed by atoms with van der Waals surface area (Å²) in [6.45, 7) is 13.0. The number of ether oxygens (including phenoxy) is 1. The fraction of sp³-hybridized carbons (Fsp3) is 0.286. The van der Waals surface area contributed by atoms with E-state index in [0.717, 1.165) is 35.5 Å². The van der Waals surface area contributed by atoms with Crippen LogP contribution < -0.4 is 4.74 Å². The van der Waals surface area contributed by atoms with Crippen molar-refractivity contribution >= 4 is 6.08 Å². The maximum atomic E-state index is 5.89. The molecule has 0 aliphatic carbocycles. The molecule has 0 radical (unpaired) electrons. The Morgan fingerprint density at radius 2 is 1.81 bits per heavy atom. The third-order valence-corrected chi connectivity index (χ3v) is 5.46.